The Balaban J connectivity index is 1.85. The molecular formula is C16H12ClFN2O2. The predicted octanol–water partition coefficient (Wildman–Crippen LogP) is 3.79. The van der Waals surface area contributed by atoms with Crippen LogP contribution in [0.1, 0.15) is 21.7 Å². The van der Waals surface area contributed by atoms with E-state index in [1.165, 1.54) is 18.2 Å². The summed E-state index contributed by atoms with van der Waals surface area (Å²) in [5, 5.41) is 0.0277. The number of carbonyl (C=O) groups is 1. The highest BCUT2D eigenvalue weighted by atomic mass is 35.5. The molecule has 0 saturated carbocycles. The molecule has 4 nitrogen and oxygen atoms in total. The Morgan fingerprint density at radius 3 is 2.91 bits per heavy atom. The normalized spacial score (nSPS) is 10.9. The number of rotatable bonds is 3. The van der Waals surface area contributed by atoms with Crippen molar-refractivity contribution in [2.45, 2.75) is 13.5 Å². The van der Waals surface area contributed by atoms with Crippen LogP contribution in [0, 0.1) is 12.7 Å². The second-order valence-corrected chi connectivity index (χ2v) is 5.15. The van der Waals surface area contributed by atoms with Gasteiger partial charge in [0.15, 0.2) is 0 Å². The van der Waals surface area contributed by atoms with Crippen molar-refractivity contribution in [2.75, 3.05) is 0 Å². The van der Waals surface area contributed by atoms with Crippen LogP contribution in [0.4, 0.5) is 4.39 Å². The van der Waals surface area contributed by atoms with E-state index >= 15 is 0 Å². The average Bonchev–Trinajstić information content (AvgIpc) is 2.80. The van der Waals surface area contributed by atoms with Gasteiger partial charge in [-0.1, -0.05) is 23.7 Å². The van der Waals surface area contributed by atoms with Crippen LogP contribution < -0.4 is 0 Å². The van der Waals surface area contributed by atoms with Crippen LogP contribution in [-0.2, 0) is 11.3 Å². The van der Waals surface area contributed by atoms with Crippen LogP contribution >= 0.6 is 11.6 Å². The van der Waals surface area contributed by atoms with Gasteiger partial charge in [0.2, 0.25) is 0 Å². The number of nitrogens with zero attached hydrogens (tertiary/aromatic N) is 2. The van der Waals surface area contributed by atoms with Gasteiger partial charge in [0.25, 0.3) is 0 Å². The summed E-state index contributed by atoms with van der Waals surface area (Å²) < 4.78 is 20.7. The molecule has 0 aliphatic rings. The lowest BCUT2D eigenvalue weighted by Gasteiger charge is -2.08. The van der Waals surface area contributed by atoms with E-state index in [0.29, 0.717) is 0 Å². The first-order valence-electron chi connectivity index (χ1n) is 6.61. The number of esters is 1. The summed E-state index contributed by atoms with van der Waals surface area (Å²) in [6.07, 6.45) is 1.83. The fraction of sp³-hybridized carbons (Fsp3) is 0.125. The first-order chi connectivity index (χ1) is 10.6. The van der Waals surface area contributed by atoms with Crippen molar-refractivity contribution in [3.63, 3.8) is 0 Å². The Morgan fingerprint density at radius 2 is 2.14 bits per heavy atom. The first kappa shape index (κ1) is 14.5. The van der Waals surface area contributed by atoms with Gasteiger partial charge >= 0.3 is 5.97 Å². The standard InChI is InChI=1S/C16H12ClFN2O2/c1-10-13(20-8-3-2-7-14(20)19-10)9-22-16(21)15-11(17)5-4-6-12(15)18/h2-8H,9H2,1H3. The number of hydrogen-bond acceptors (Lipinski definition) is 3. The largest absolute Gasteiger partial charge is 0.455 e. The van der Waals surface area contributed by atoms with E-state index in [4.69, 9.17) is 16.3 Å². The molecule has 0 atom stereocenters. The molecule has 3 aromatic rings. The smallest absolute Gasteiger partial charge is 0.343 e. The molecule has 0 aliphatic carbocycles. The quantitative estimate of drug-likeness (QED) is 0.690. The van der Waals surface area contributed by atoms with Crippen LogP contribution in [-0.4, -0.2) is 15.4 Å². The summed E-state index contributed by atoms with van der Waals surface area (Å²) in [7, 11) is 0. The monoisotopic (exact) mass is 318 g/mol. The molecule has 0 bridgehead atoms. The Bertz CT molecular complexity index is 840. The fourth-order valence-electron chi connectivity index (χ4n) is 2.24. The molecule has 2 aromatic heterocycles. The molecule has 0 saturated heterocycles. The minimum absolute atomic E-state index is 0.0134. The minimum atomic E-state index is -0.798. The molecule has 112 valence electrons. The summed E-state index contributed by atoms with van der Waals surface area (Å²) in [5.74, 6) is -1.50. The maximum atomic E-state index is 13.7. The fourth-order valence-corrected chi connectivity index (χ4v) is 2.48. The third-order valence-corrected chi connectivity index (χ3v) is 3.65. The van der Waals surface area contributed by atoms with Crippen molar-refractivity contribution in [1.82, 2.24) is 9.38 Å². The number of aromatic nitrogens is 2. The molecule has 0 fully saturated rings. The summed E-state index contributed by atoms with van der Waals surface area (Å²) >= 11 is 5.85. The first-order valence-corrected chi connectivity index (χ1v) is 6.99. The molecule has 0 N–H and O–H groups in total. The van der Waals surface area contributed by atoms with Crippen molar-refractivity contribution < 1.29 is 13.9 Å². The minimum Gasteiger partial charge on any atom is -0.455 e. The SMILES string of the molecule is Cc1nc2ccccn2c1COC(=O)c1c(F)cccc1Cl. The van der Waals surface area contributed by atoms with Gasteiger partial charge in [-0.2, -0.15) is 0 Å². The van der Waals surface area contributed by atoms with Gasteiger partial charge in [-0.05, 0) is 31.2 Å². The van der Waals surface area contributed by atoms with Crippen LogP contribution in [0.5, 0.6) is 0 Å². The van der Waals surface area contributed by atoms with Crippen molar-refractivity contribution in [3.8, 4) is 0 Å². The van der Waals surface area contributed by atoms with Gasteiger partial charge in [-0.25, -0.2) is 14.2 Å². The second-order valence-electron chi connectivity index (χ2n) is 4.75. The third-order valence-electron chi connectivity index (χ3n) is 3.34. The molecule has 2 heterocycles. The van der Waals surface area contributed by atoms with Crippen molar-refractivity contribution in [3.05, 3.63) is 70.4 Å². The van der Waals surface area contributed by atoms with Crippen molar-refractivity contribution >= 4 is 23.2 Å². The number of aryl methyl sites for hydroxylation is 1. The van der Waals surface area contributed by atoms with Crippen molar-refractivity contribution in [1.29, 1.82) is 0 Å². The molecule has 6 heteroatoms. The Labute approximate surface area is 131 Å². The Morgan fingerprint density at radius 1 is 1.32 bits per heavy atom. The van der Waals surface area contributed by atoms with Gasteiger partial charge in [0.05, 0.1) is 16.4 Å². The van der Waals surface area contributed by atoms with E-state index < -0.39 is 11.8 Å². The zero-order valence-corrected chi connectivity index (χ0v) is 12.5. The van der Waals surface area contributed by atoms with E-state index in [-0.39, 0.29) is 17.2 Å². The number of ether oxygens (including phenoxy) is 1. The van der Waals surface area contributed by atoms with Gasteiger partial charge in [0, 0.05) is 6.20 Å². The highest BCUT2D eigenvalue weighted by molar-refractivity contribution is 6.33. The molecule has 0 radical (unpaired) electrons. The number of fused-ring (bicyclic) bond motifs is 1. The van der Waals surface area contributed by atoms with E-state index in [9.17, 15) is 9.18 Å². The molecule has 0 spiro atoms. The number of pyridine rings is 1. The van der Waals surface area contributed by atoms with E-state index in [1.807, 2.05) is 35.7 Å². The maximum absolute atomic E-state index is 13.7. The number of carbonyl (C=O) groups excluding carboxylic acids is 1. The van der Waals surface area contributed by atoms with E-state index in [2.05, 4.69) is 4.98 Å². The third kappa shape index (κ3) is 2.55. The van der Waals surface area contributed by atoms with Crippen LogP contribution in [0.25, 0.3) is 5.65 Å². The molecule has 0 aliphatic heterocycles. The second kappa shape index (κ2) is 5.77. The summed E-state index contributed by atoms with van der Waals surface area (Å²) in [4.78, 5) is 16.4. The lowest BCUT2D eigenvalue weighted by molar-refractivity contribution is 0.0461. The molecule has 0 amide bonds. The molecule has 3 rings (SSSR count). The van der Waals surface area contributed by atoms with Gasteiger partial charge in [0.1, 0.15) is 23.6 Å². The topological polar surface area (TPSA) is 43.6 Å². The van der Waals surface area contributed by atoms with Crippen LogP contribution in [0.3, 0.4) is 0 Å². The number of hydrogen-bond donors (Lipinski definition) is 0. The zero-order valence-electron chi connectivity index (χ0n) is 11.7. The Kier molecular flexibility index (Phi) is 3.81. The van der Waals surface area contributed by atoms with E-state index in [1.54, 1.807) is 0 Å². The lowest BCUT2D eigenvalue weighted by atomic mass is 10.2. The van der Waals surface area contributed by atoms with Gasteiger partial charge in [-0.15, -0.1) is 0 Å². The highest BCUT2D eigenvalue weighted by Gasteiger charge is 2.18. The van der Waals surface area contributed by atoms with Gasteiger partial charge < -0.3 is 9.14 Å². The maximum Gasteiger partial charge on any atom is 0.343 e. The highest BCUT2D eigenvalue weighted by Crippen LogP contribution is 2.21. The summed E-state index contributed by atoms with van der Waals surface area (Å²) in [6, 6.07) is 9.63. The van der Waals surface area contributed by atoms with Crippen LogP contribution in [0.15, 0.2) is 42.6 Å². The molecule has 0 unspecified atom stereocenters. The summed E-state index contributed by atoms with van der Waals surface area (Å²) in [5.41, 5.74) is 1.99. The van der Waals surface area contributed by atoms with Gasteiger partial charge in [-0.3, -0.25) is 0 Å². The number of benzene rings is 1. The summed E-state index contributed by atoms with van der Waals surface area (Å²) in [6.45, 7) is 1.81. The Hall–Kier alpha value is -2.40. The number of halogens is 2. The molecule has 22 heavy (non-hydrogen) atoms. The average molecular weight is 319 g/mol. The molecule has 1 aromatic carbocycles. The molecular weight excluding hydrogens is 307 g/mol. The predicted molar refractivity (Wildman–Crippen MR) is 80.5 cm³/mol. The lowest BCUT2D eigenvalue weighted by Crippen LogP contribution is -2.10. The zero-order chi connectivity index (χ0) is 15.7. The van der Waals surface area contributed by atoms with E-state index in [0.717, 1.165) is 17.0 Å². The number of imidazole rings is 1. The van der Waals surface area contributed by atoms with Crippen LogP contribution in [0.2, 0.25) is 5.02 Å². The van der Waals surface area contributed by atoms with Crippen molar-refractivity contribution in [2.24, 2.45) is 0 Å².